The van der Waals surface area contributed by atoms with Crippen molar-refractivity contribution in [1.29, 1.82) is 0 Å². The van der Waals surface area contributed by atoms with E-state index >= 15 is 0 Å². The van der Waals surface area contributed by atoms with E-state index < -0.39 is 0 Å². The molecule has 4 heteroatoms. The van der Waals surface area contributed by atoms with E-state index in [1.165, 1.54) is 16.3 Å². The smallest absolute Gasteiger partial charge is 0.255 e. The van der Waals surface area contributed by atoms with Crippen molar-refractivity contribution >= 4 is 17.1 Å². The lowest BCUT2D eigenvalue weighted by Gasteiger charge is -2.24. The molecule has 2 heterocycles. The number of nitrogens with zero attached hydrogens (tertiary/aromatic N) is 3. The Hall–Kier alpha value is -3.66. The maximum absolute atomic E-state index is 12.6. The van der Waals surface area contributed by atoms with Crippen LogP contribution in [-0.2, 0) is 13.0 Å². The Balaban J connectivity index is 1.32. The number of para-hydroxylation sites is 1. The quantitative estimate of drug-likeness (QED) is 0.503. The summed E-state index contributed by atoms with van der Waals surface area (Å²) in [4.78, 5) is 19.4. The Morgan fingerprint density at radius 1 is 0.833 bits per heavy atom. The fraction of sp³-hybridized carbons (Fsp3) is 0.154. The van der Waals surface area contributed by atoms with Gasteiger partial charge in [0, 0.05) is 24.5 Å². The van der Waals surface area contributed by atoms with Gasteiger partial charge < -0.3 is 4.90 Å². The predicted octanol–water partition coefficient (Wildman–Crippen LogP) is 4.45. The van der Waals surface area contributed by atoms with Crippen LogP contribution in [0.25, 0.3) is 16.5 Å². The molecule has 0 bridgehead atoms. The van der Waals surface area contributed by atoms with Gasteiger partial charge in [0.2, 0.25) is 0 Å². The minimum absolute atomic E-state index is 0.00121. The van der Waals surface area contributed by atoms with E-state index in [2.05, 4.69) is 52.4 Å². The molecule has 1 aromatic heterocycles. The van der Waals surface area contributed by atoms with E-state index in [4.69, 9.17) is 0 Å². The highest BCUT2D eigenvalue weighted by Crippen LogP contribution is 2.20. The molecule has 1 unspecified atom stereocenters. The molecule has 0 amide bonds. The SMILES string of the molecule is O=c1cc(CC2CN=CN2Cc2ccc3ccccc3c2)ccn1-c1ccccc1. The van der Waals surface area contributed by atoms with Gasteiger partial charge in [-0.05, 0) is 52.6 Å². The van der Waals surface area contributed by atoms with Crippen LogP contribution in [0.2, 0.25) is 0 Å². The van der Waals surface area contributed by atoms with Gasteiger partial charge in [0.25, 0.3) is 5.56 Å². The molecular weight excluding hydrogens is 370 g/mol. The molecule has 148 valence electrons. The fourth-order valence-electron chi connectivity index (χ4n) is 4.09. The number of hydrogen-bond acceptors (Lipinski definition) is 3. The Morgan fingerprint density at radius 2 is 1.63 bits per heavy atom. The number of aliphatic imine (C=N–C) groups is 1. The third kappa shape index (κ3) is 3.77. The van der Waals surface area contributed by atoms with Gasteiger partial charge in [-0.25, -0.2) is 0 Å². The van der Waals surface area contributed by atoms with Gasteiger partial charge in [-0.3, -0.25) is 14.4 Å². The van der Waals surface area contributed by atoms with Crippen LogP contribution in [0.3, 0.4) is 0 Å². The average Bonchev–Trinajstić information content (AvgIpc) is 3.21. The lowest BCUT2D eigenvalue weighted by Crippen LogP contribution is -2.33. The van der Waals surface area contributed by atoms with Crippen molar-refractivity contribution in [2.24, 2.45) is 4.99 Å². The third-order valence-corrected chi connectivity index (χ3v) is 5.68. The molecule has 0 saturated heterocycles. The van der Waals surface area contributed by atoms with Crippen LogP contribution in [0.1, 0.15) is 11.1 Å². The van der Waals surface area contributed by atoms with Crippen molar-refractivity contribution in [2.45, 2.75) is 19.0 Å². The Bertz CT molecular complexity index is 1260. The van der Waals surface area contributed by atoms with E-state index in [-0.39, 0.29) is 11.6 Å². The molecule has 4 nitrogen and oxygen atoms in total. The van der Waals surface area contributed by atoms with E-state index in [9.17, 15) is 4.79 Å². The number of hydrogen-bond donors (Lipinski definition) is 0. The second-order valence-electron chi connectivity index (χ2n) is 7.77. The highest BCUT2D eigenvalue weighted by atomic mass is 16.1. The summed E-state index contributed by atoms with van der Waals surface area (Å²) >= 11 is 0. The van der Waals surface area contributed by atoms with Gasteiger partial charge in [0.1, 0.15) is 0 Å². The first-order valence-corrected chi connectivity index (χ1v) is 10.3. The summed E-state index contributed by atoms with van der Waals surface area (Å²) in [6.07, 6.45) is 4.62. The molecule has 30 heavy (non-hydrogen) atoms. The maximum atomic E-state index is 12.6. The molecule has 0 N–H and O–H groups in total. The number of pyridine rings is 1. The van der Waals surface area contributed by atoms with E-state index in [1.54, 1.807) is 10.6 Å². The summed E-state index contributed by atoms with van der Waals surface area (Å²) in [5.74, 6) is 0. The lowest BCUT2D eigenvalue weighted by atomic mass is 10.0. The molecule has 1 aliphatic heterocycles. The number of aromatic nitrogens is 1. The van der Waals surface area contributed by atoms with Crippen LogP contribution in [0, 0.1) is 0 Å². The predicted molar refractivity (Wildman–Crippen MR) is 122 cm³/mol. The van der Waals surface area contributed by atoms with Crippen molar-refractivity contribution < 1.29 is 0 Å². The molecule has 3 aromatic carbocycles. The van der Waals surface area contributed by atoms with Crippen molar-refractivity contribution in [2.75, 3.05) is 6.54 Å². The highest BCUT2D eigenvalue weighted by molar-refractivity contribution is 5.83. The van der Waals surface area contributed by atoms with Crippen molar-refractivity contribution in [1.82, 2.24) is 9.47 Å². The standard InChI is InChI=1S/C26H23N3O/c30-26-16-20(12-13-29(26)24-8-2-1-3-9-24)15-25-17-27-19-28(25)18-21-10-11-22-6-4-5-7-23(22)14-21/h1-14,16,19,25H,15,17-18H2. The zero-order valence-corrected chi connectivity index (χ0v) is 16.7. The summed E-state index contributed by atoms with van der Waals surface area (Å²) in [5.41, 5.74) is 3.20. The second kappa shape index (κ2) is 7.99. The molecule has 1 aliphatic rings. The summed E-state index contributed by atoms with van der Waals surface area (Å²) < 4.78 is 1.68. The first-order valence-electron chi connectivity index (χ1n) is 10.3. The van der Waals surface area contributed by atoms with E-state index in [0.717, 1.165) is 30.8 Å². The minimum Gasteiger partial charge on any atom is -0.353 e. The minimum atomic E-state index is -0.00121. The molecule has 0 radical (unpaired) electrons. The summed E-state index contributed by atoms with van der Waals surface area (Å²) in [6.45, 7) is 1.58. The molecule has 0 aliphatic carbocycles. The monoisotopic (exact) mass is 393 g/mol. The first-order chi connectivity index (χ1) is 14.8. The van der Waals surface area contributed by atoms with Crippen LogP contribution in [-0.4, -0.2) is 28.4 Å². The fourth-order valence-corrected chi connectivity index (χ4v) is 4.09. The number of fused-ring (bicyclic) bond motifs is 1. The third-order valence-electron chi connectivity index (χ3n) is 5.68. The topological polar surface area (TPSA) is 37.6 Å². The molecule has 1 atom stereocenters. The van der Waals surface area contributed by atoms with Crippen LogP contribution < -0.4 is 5.56 Å². The van der Waals surface area contributed by atoms with Gasteiger partial charge in [-0.15, -0.1) is 0 Å². The second-order valence-corrected chi connectivity index (χ2v) is 7.77. The zero-order valence-electron chi connectivity index (χ0n) is 16.7. The molecule has 4 aromatic rings. The molecular formula is C26H23N3O. The molecule has 0 spiro atoms. The first kappa shape index (κ1) is 18.4. The maximum Gasteiger partial charge on any atom is 0.255 e. The van der Waals surface area contributed by atoms with Crippen molar-refractivity contribution in [3.05, 3.63) is 113 Å². The van der Waals surface area contributed by atoms with Gasteiger partial charge in [-0.1, -0.05) is 54.6 Å². The molecule has 0 fully saturated rings. The molecule has 5 rings (SSSR count). The summed E-state index contributed by atoms with van der Waals surface area (Å²) in [5, 5.41) is 2.51. The van der Waals surface area contributed by atoms with Gasteiger partial charge >= 0.3 is 0 Å². The average molecular weight is 393 g/mol. The van der Waals surface area contributed by atoms with Crippen LogP contribution in [0.4, 0.5) is 0 Å². The number of rotatable bonds is 5. The van der Waals surface area contributed by atoms with Crippen LogP contribution in [0.5, 0.6) is 0 Å². The summed E-state index contributed by atoms with van der Waals surface area (Å²) in [6, 6.07) is 28.8. The number of benzene rings is 3. The van der Waals surface area contributed by atoms with Gasteiger partial charge in [-0.2, -0.15) is 0 Å². The van der Waals surface area contributed by atoms with Crippen LogP contribution in [0.15, 0.2) is 101 Å². The van der Waals surface area contributed by atoms with Crippen molar-refractivity contribution in [3.8, 4) is 5.69 Å². The normalized spacial score (nSPS) is 15.7. The molecule has 0 saturated carbocycles. The Kier molecular flexibility index (Phi) is 4.89. The Labute approximate surface area is 175 Å². The highest BCUT2D eigenvalue weighted by Gasteiger charge is 2.21. The largest absolute Gasteiger partial charge is 0.353 e. The Morgan fingerprint density at radius 3 is 2.47 bits per heavy atom. The van der Waals surface area contributed by atoms with E-state index in [0.29, 0.717) is 0 Å². The van der Waals surface area contributed by atoms with Crippen LogP contribution >= 0.6 is 0 Å². The zero-order chi connectivity index (χ0) is 20.3. The van der Waals surface area contributed by atoms with Gasteiger partial charge in [0.15, 0.2) is 0 Å². The van der Waals surface area contributed by atoms with Gasteiger partial charge in [0.05, 0.1) is 18.9 Å². The van der Waals surface area contributed by atoms with Crippen molar-refractivity contribution in [3.63, 3.8) is 0 Å². The lowest BCUT2D eigenvalue weighted by molar-refractivity contribution is 0.341. The van der Waals surface area contributed by atoms with E-state index in [1.807, 2.05) is 48.9 Å². The summed E-state index contributed by atoms with van der Waals surface area (Å²) in [7, 11) is 0.